The molecule has 0 unspecified atom stereocenters. The minimum absolute atomic E-state index is 0.0668. The van der Waals surface area contributed by atoms with Gasteiger partial charge in [0.25, 0.3) is 0 Å². The van der Waals surface area contributed by atoms with E-state index < -0.39 is 12.5 Å². The maximum atomic E-state index is 14.3. The highest BCUT2D eigenvalue weighted by Crippen LogP contribution is 2.52. The average molecular weight is 486 g/mol. The van der Waals surface area contributed by atoms with Crippen molar-refractivity contribution in [2.75, 3.05) is 0 Å². The zero-order valence-corrected chi connectivity index (χ0v) is 19.9. The van der Waals surface area contributed by atoms with Gasteiger partial charge in [-0.25, -0.2) is 4.57 Å². The smallest absolute Gasteiger partial charge is 0.413 e. The summed E-state index contributed by atoms with van der Waals surface area (Å²) in [5, 5.41) is 12.5. The molecule has 1 saturated carbocycles. The number of nitro groups is 1. The van der Waals surface area contributed by atoms with Gasteiger partial charge < -0.3 is 9.05 Å². The number of nitro benzene ring substituents is 1. The minimum atomic E-state index is -4.05. The highest BCUT2D eigenvalue weighted by Gasteiger charge is 2.36. The Morgan fingerprint density at radius 1 is 0.970 bits per heavy atom. The van der Waals surface area contributed by atoms with Crippen molar-refractivity contribution in [2.24, 2.45) is 0 Å². The van der Waals surface area contributed by atoms with Gasteiger partial charge in [-0.3, -0.25) is 10.1 Å². The highest BCUT2D eigenvalue weighted by molar-refractivity contribution is 7.63. The Labute approximate surface area is 198 Å². The summed E-state index contributed by atoms with van der Waals surface area (Å²) >= 11 is 6.30. The SMILES string of the molecule is Cc1cccc([N+](=O)[O-])c1O[P@](=O)(Oc1ccc(Cl)cc1C1CCCCC1)c1ccccc1. The van der Waals surface area contributed by atoms with Crippen LogP contribution in [-0.4, -0.2) is 4.92 Å². The zero-order chi connectivity index (χ0) is 23.4. The molecule has 0 saturated heterocycles. The first-order chi connectivity index (χ1) is 15.9. The summed E-state index contributed by atoms with van der Waals surface area (Å²) in [7, 11) is -4.05. The van der Waals surface area contributed by atoms with Crippen molar-refractivity contribution in [1.29, 1.82) is 0 Å². The molecule has 1 atom stereocenters. The summed E-state index contributed by atoms with van der Waals surface area (Å²) in [4.78, 5) is 11.1. The lowest BCUT2D eigenvalue weighted by atomic mass is 9.84. The molecule has 3 aromatic rings. The molecule has 4 rings (SSSR count). The molecular weight excluding hydrogens is 461 g/mol. The van der Waals surface area contributed by atoms with Gasteiger partial charge in [0, 0.05) is 11.1 Å². The van der Waals surface area contributed by atoms with Crippen LogP contribution in [-0.2, 0) is 4.57 Å². The Balaban J connectivity index is 1.80. The lowest BCUT2D eigenvalue weighted by molar-refractivity contribution is -0.385. The molecule has 0 N–H and O–H groups in total. The fraction of sp³-hybridized carbons (Fsp3) is 0.280. The Morgan fingerprint density at radius 2 is 1.70 bits per heavy atom. The Bertz CT molecular complexity index is 1190. The fourth-order valence-electron chi connectivity index (χ4n) is 4.22. The Hall–Kier alpha value is -2.82. The van der Waals surface area contributed by atoms with Crippen molar-refractivity contribution in [3.05, 3.63) is 93.0 Å². The number of para-hydroxylation sites is 1. The molecule has 1 aliphatic rings. The molecule has 1 aliphatic carbocycles. The van der Waals surface area contributed by atoms with Crippen LogP contribution in [0, 0.1) is 17.0 Å². The first kappa shape index (κ1) is 23.3. The predicted octanol–water partition coefficient (Wildman–Crippen LogP) is 7.58. The maximum Gasteiger partial charge on any atom is 0.463 e. The highest BCUT2D eigenvalue weighted by atomic mass is 35.5. The van der Waals surface area contributed by atoms with Crippen LogP contribution in [0.25, 0.3) is 0 Å². The molecule has 8 heteroatoms. The molecule has 0 radical (unpaired) electrons. The van der Waals surface area contributed by atoms with Gasteiger partial charge in [0.1, 0.15) is 5.75 Å². The van der Waals surface area contributed by atoms with Crippen molar-refractivity contribution >= 4 is 30.2 Å². The van der Waals surface area contributed by atoms with E-state index in [1.165, 1.54) is 12.5 Å². The number of rotatable bonds is 7. The van der Waals surface area contributed by atoms with E-state index in [4.69, 9.17) is 20.6 Å². The Kier molecular flexibility index (Phi) is 7.06. The van der Waals surface area contributed by atoms with Crippen molar-refractivity contribution < 1.29 is 18.5 Å². The van der Waals surface area contributed by atoms with Gasteiger partial charge in [0.05, 0.1) is 10.2 Å². The molecule has 0 heterocycles. The van der Waals surface area contributed by atoms with Gasteiger partial charge >= 0.3 is 13.3 Å². The molecule has 33 heavy (non-hydrogen) atoms. The number of benzene rings is 3. The van der Waals surface area contributed by atoms with Crippen LogP contribution in [0.5, 0.6) is 11.5 Å². The van der Waals surface area contributed by atoms with E-state index in [1.807, 2.05) is 6.07 Å². The molecule has 0 aromatic heterocycles. The van der Waals surface area contributed by atoms with Gasteiger partial charge in [-0.05, 0) is 67.1 Å². The minimum Gasteiger partial charge on any atom is -0.413 e. The first-order valence-corrected chi connectivity index (χ1v) is 12.9. The molecule has 0 aliphatic heterocycles. The first-order valence-electron chi connectivity index (χ1n) is 11.0. The van der Waals surface area contributed by atoms with Crippen LogP contribution in [0.4, 0.5) is 5.69 Å². The molecule has 3 aromatic carbocycles. The molecule has 1 fully saturated rings. The van der Waals surface area contributed by atoms with Crippen LogP contribution in [0.2, 0.25) is 5.02 Å². The Morgan fingerprint density at radius 3 is 2.39 bits per heavy atom. The summed E-state index contributed by atoms with van der Waals surface area (Å²) in [6.45, 7) is 1.67. The monoisotopic (exact) mass is 485 g/mol. The van der Waals surface area contributed by atoms with E-state index in [-0.39, 0.29) is 17.4 Å². The zero-order valence-electron chi connectivity index (χ0n) is 18.3. The molecule has 0 amide bonds. The second-order valence-corrected chi connectivity index (χ2v) is 10.5. The lowest BCUT2D eigenvalue weighted by Crippen LogP contribution is -2.16. The quantitative estimate of drug-likeness (QED) is 0.196. The molecular formula is C25H25ClNO5P. The average Bonchev–Trinajstić information content (AvgIpc) is 2.82. The summed E-state index contributed by atoms with van der Waals surface area (Å²) in [6, 6.07) is 18.3. The third-order valence-electron chi connectivity index (χ3n) is 5.91. The van der Waals surface area contributed by atoms with E-state index in [9.17, 15) is 14.7 Å². The number of hydrogen-bond acceptors (Lipinski definition) is 5. The van der Waals surface area contributed by atoms with Crippen molar-refractivity contribution in [1.82, 2.24) is 0 Å². The van der Waals surface area contributed by atoms with Crippen LogP contribution in [0.3, 0.4) is 0 Å². The molecule has 0 bridgehead atoms. The summed E-state index contributed by atoms with van der Waals surface area (Å²) in [6.07, 6.45) is 5.40. The lowest BCUT2D eigenvalue weighted by Gasteiger charge is -2.27. The second-order valence-electron chi connectivity index (χ2n) is 8.21. The number of aryl methyl sites for hydroxylation is 1. The van der Waals surface area contributed by atoms with Crippen molar-refractivity contribution in [3.63, 3.8) is 0 Å². The largest absolute Gasteiger partial charge is 0.463 e. The van der Waals surface area contributed by atoms with Gasteiger partial charge in [-0.15, -0.1) is 0 Å². The maximum absolute atomic E-state index is 14.3. The topological polar surface area (TPSA) is 78.7 Å². The van der Waals surface area contributed by atoms with Crippen LogP contribution >= 0.6 is 19.2 Å². The summed E-state index contributed by atoms with van der Waals surface area (Å²) in [5.41, 5.74) is 1.12. The number of hydrogen-bond donors (Lipinski definition) is 0. The third-order valence-corrected chi connectivity index (χ3v) is 7.93. The third kappa shape index (κ3) is 5.23. The van der Waals surface area contributed by atoms with E-state index in [2.05, 4.69) is 0 Å². The molecule has 0 spiro atoms. The summed E-state index contributed by atoms with van der Waals surface area (Å²) < 4.78 is 26.4. The van der Waals surface area contributed by atoms with E-state index in [0.717, 1.165) is 31.2 Å². The van der Waals surface area contributed by atoms with Gasteiger partial charge in [0.15, 0.2) is 0 Å². The van der Waals surface area contributed by atoms with E-state index in [1.54, 1.807) is 61.5 Å². The fourth-order valence-corrected chi connectivity index (χ4v) is 6.09. The molecule has 6 nitrogen and oxygen atoms in total. The van der Waals surface area contributed by atoms with Crippen molar-refractivity contribution in [2.45, 2.75) is 44.9 Å². The number of nitrogens with zero attached hydrogens (tertiary/aromatic N) is 1. The standard InChI is InChI=1S/C25H25ClNO5P/c1-18-9-8-14-23(27(28)29)25(18)32-33(30,21-12-6-3-7-13-21)31-24-16-15-20(26)17-22(24)19-10-4-2-5-11-19/h3,6-9,12-17,19H,2,4-5,10-11H2,1H3/t33-/m1/s1. The molecule has 172 valence electrons. The summed E-state index contributed by atoms with van der Waals surface area (Å²) in [5.74, 6) is 0.599. The van der Waals surface area contributed by atoms with Crippen LogP contribution in [0.15, 0.2) is 66.7 Å². The van der Waals surface area contributed by atoms with Crippen LogP contribution in [0.1, 0.15) is 49.1 Å². The van der Waals surface area contributed by atoms with Crippen LogP contribution < -0.4 is 14.4 Å². The van der Waals surface area contributed by atoms with E-state index in [0.29, 0.717) is 21.6 Å². The second kappa shape index (κ2) is 9.98. The normalized spacial score (nSPS) is 16.1. The predicted molar refractivity (Wildman–Crippen MR) is 130 cm³/mol. The van der Waals surface area contributed by atoms with Crippen molar-refractivity contribution in [3.8, 4) is 11.5 Å². The van der Waals surface area contributed by atoms with Gasteiger partial charge in [0.2, 0.25) is 5.75 Å². The van der Waals surface area contributed by atoms with E-state index >= 15 is 0 Å². The number of halogens is 1. The van der Waals surface area contributed by atoms with Gasteiger partial charge in [-0.2, -0.15) is 0 Å². The van der Waals surface area contributed by atoms with Gasteiger partial charge in [-0.1, -0.05) is 61.2 Å².